The number of nitrogens with zero attached hydrogens (tertiary/aromatic N) is 1. The van der Waals surface area contributed by atoms with Crippen molar-refractivity contribution in [3.8, 4) is 5.75 Å². The molecule has 0 bridgehead atoms. The Labute approximate surface area is 226 Å². The first-order valence-electron chi connectivity index (χ1n) is 11.4. The highest BCUT2D eigenvalue weighted by molar-refractivity contribution is 6.44. The summed E-state index contributed by atoms with van der Waals surface area (Å²) in [6.07, 6.45) is 1.85. The molecule has 0 aliphatic rings. The second-order valence-corrected chi connectivity index (χ2v) is 7.31. The normalized spacial score (nSPS) is 11.4. The Morgan fingerprint density at radius 2 is 1.78 bits per heavy atom. The summed E-state index contributed by atoms with van der Waals surface area (Å²) in [7, 11) is 2.50. The number of ether oxygens (including phenoxy) is 1. The Kier molecular flexibility index (Phi) is 24.6. The molecule has 1 unspecified atom stereocenters. The third kappa shape index (κ3) is 11.6. The molecule has 0 spiro atoms. The van der Waals surface area contributed by atoms with Crippen LogP contribution in [0.5, 0.6) is 5.75 Å². The zero-order valence-electron chi connectivity index (χ0n) is 22.7. The van der Waals surface area contributed by atoms with E-state index < -0.39 is 0 Å². The van der Waals surface area contributed by atoms with Crippen molar-refractivity contribution in [1.82, 2.24) is 4.98 Å². The minimum absolute atomic E-state index is 0.262. The van der Waals surface area contributed by atoms with Crippen molar-refractivity contribution in [3.05, 3.63) is 74.8 Å². The number of hydrogen-bond acceptors (Lipinski definition) is 6. The molecule has 1 heterocycles. The van der Waals surface area contributed by atoms with Crippen LogP contribution in [0, 0.1) is 12.7 Å². The summed E-state index contributed by atoms with van der Waals surface area (Å²) in [6, 6.07) is 8.33. The van der Waals surface area contributed by atoms with E-state index in [4.69, 9.17) is 48.6 Å². The highest BCUT2D eigenvalue weighted by Crippen LogP contribution is 2.38. The predicted molar refractivity (Wildman–Crippen MR) is 152 cm³/mol. The van der Waals surface area contributed by atoms with Crippen molar-refractivity contribution in [3.63, 3.8) is 0 Å². The highest BCUT2D eigenvalue weighted by atomic mass is 35.5. The lowest BCUT2D eigenvalue weighted by Gasteiger charge is -2.21. The molecule has 0 fully saturated rings. The number of carbonyl (C=O) groups is 1. The number of carbonyl (C=O) groups excluding carboxylic acids is 1. The summed E-state index contributed by atoms with van der Waals surface area (Å²) in [6.45, 7) is 14.2. The van der Waals surface area contributed by atoms with Gasteiger partial charge in [-0.3, -0.25) is 0 Å². The smallest absolute Gasteiger partial charge is 0.148 e. The first-order chi connectivity index (χ1) is 17.3. The molecule has 1 aromatic carbocycles. The van der Waals surface area contributed by atoms with Gasteiger partial charge in [-0.1, -0.05) is 55.3 Å². The second kappa shape index (κ2) is 23.1. The van der Waals surface area contributed by atoms with E-state index in [9.17, 15) is 4.39 Å². The lowest BCUT2D eigenvalue weighted by atomic mass is 9.93. The molecule has 9 heteroatoms. The Morgan fingerprint density at radius 3 is 2.19 bits per heavy atom. The van der Waals surface area contributed by atoms with E-state index >= 15 is 0 Å². The fourth-order valence-electron chi connectivity index (χ4n) is 3.08. The van der Waals surface area contributed by atoms with Crippen LogP contribution in [0.1, 0.15) is 63.1 Å². The van der Waals surface area contributed by atoms with Crippen LogP contribution < -0.4 is 16.2 Å². The molecular formula is C27H42Cl2FN3O3. The minimum Gasteiger partial charge on any atom is -0.491 e. The highest BCUT2D eigenvalue weighted by Gasteiger charge is 2.22. The molecule has 0 aliphatic heterocycles. The van der Waals surface area contributed by atoms with E-state index in [0.29, 0.717) is 33.7 Å². The van der Waals surface area contributed by atoms with Crippen molar-refractivity contribution in [2.75, 3.05) is 27.3 Å². The summed E-state index contributed by atoms with van der Waals surface area (Å²) < 4.78 is 19.6. The van der Waals surface area contributed by atoms with Gasteiger partial charge in [-0.05, 0) is 64.1 Å². The standard InChI is InChI=1S/C22H25Cl2FN2O.C2H6.CH5N.CH4O.CH2O/c1-5-17(20(24)14(4)23)21-22(28-6-2)13(3)10-19(27-21)18(12-26)15-8-7-9-16(25)11-15;4*1-2/h5,7-11,18H,6,12,26H2,1-4H3;1-2H3;2H2,1H3;2H,1H3;1H2/b17-5+,20-14-;;;;. The number of aryl methyl sites for hydroxylation is 1. The molecule has 36 heavy (non-hydrogen) atoms. The zero-order chi connectivity index (χ0) is 28.8. The SMILES string of the molecule is C/C=C(\C(Cl)=C(/C)Cl)c1nc(C(CN)c2cccc(F)c2)cc(C)c1OCC.C=O.CC.CN.CO. The number of nitrogens with two attached hydrogens (primary N) is 2. The van der Waals surface area contributed by atoms with Gasteiger partial charge in [0.05, 0.1) is 17.3 Å². The average molecular weight is 547 g/mol. The van der Waals surface area contributed by atoms with Crippen LogP contribution in [0.25, 0.3) is 5.57 Å². The Hall–Kier alpha value is -2.29. The third-order valence-electron chi connectivity index (χ3n) is 4.39. The van der Waals surface area contributed by atoms with Crippen molar-refractivity contribution >= 4 is 35.6 Å². The monoisotopic (exact) mass is 545 g/mol. The maximum atomic E-state index is 13.8. The van der Waals surface area contributed by atoms with Gasteiger partial charge in [-0.25, -0.2) is 9.37 Å². The average Bonchev–Trinajstić information content (AvgIpc) is 2.91. The van der Waals surface area contributed by atoms with Crippen LogP contribution in [0.15, 0.2) is 46.5 Å². The van der Waals surface area contributed by atoms with Crippen LogP contribution in [-0.4, -0.2) is 44.2 Å². The molecule has 0 radical (unpaired) electrons. The molecule has 0 amide bonds. The summed E-state index contributed by atoms with van der Waals surface area (Å²) in [5, 5.41) is 7.87. The maximum absolute atomic E-state index is 13.8. The summed E-state index contributed by atoms with van der Waals surface area (Å²) in [4.78, 5) is 12.8. The second-order valence-electron chi connectivity index (χ2n) is 6.37. The van der Waals surface area contributed by atoms with Crippen LogP contribution >= 0.6 is 23.2 Å². The van der Waals surface area contributed by atoms with Crippen LogP contribution in [0.3, 0.4) is 0 Å². The molecule has 1 aromatic heterocycles. The van der Waals surface area contributed by atoms with Gasteiger partial charge in [0.2, 0.25) is 0 Å². The van der Waals surface area contributed by atoms with Gasteiger partial charge in [0.15, 0.2) is 0 Å². The van der Waals surface area contributed by atoms with Gasteiger partial charge in [-0.15, -0.1) is 0 Å². The quantitative estimate of drug-likeness (QED) is 0.359. The first-order valence-corrected chi connectivity index (χ1v) is 12.2. The van der Waals surface area contributed by atoms with Crippen molar-refractivity contribution in [2.45, 2.75) is 47.5 Å². The number of aromatic nitrogens is 1. The van der Waals surface area contributed by atoms with E-state index in [1.54, 1.807) is 13.0 Å². The molecule has 5 N–H and O–H groups in total. The van der Waals surface area contributed by atoms with E-state index in [2.05, 4.69) is 5.73 Å². The molecule has 0 aliphatic carbocycles. The van der Waals surface area contributed by atoms with Crippen LogP contribution in [0.4, 0.5) is 4.39 Å². The fourth-order valence-corrected chi connectivity index (χ4v) is 3.38. The first kappa shape index (κ1) is 38.2. The number of hydrogen-bond donors (Lipinski definition) is 3. The van der Waals surface area contributed by atoms with Gasteiger partial charge in [-0.2, -0.15) is 0 Å². The Morgan fingerprint density at radius 1 is 1.22 bits per heavy atom. The number of aliphatic hydroxyl groups is 1. The molecule has 2 aromatic rings. The summed E-state index contributed by atoms with van der Waals surface area (Å²) in [5.74, 6) is 0.0731. The largest absolute Gasteiger partial charge is 0.491 e. The lowest BCUT2D eigenvalue weighted by Crippen LogP contribution is -2.17. The Bertz CT molecular complexity index is 934. The molecule has 6 nitrogen and oxygen atoms in total. The van der Waals surface area contributed by atoms with E-state index in [0.717, 1.165) is 23.9 Å². The molecule has 0 saturated heterocycles. The summed E-state index contributed by atoms with van der Waals surface area (Å²) in [5.41, 5.74) is 14.2. The number of allylic oxidation sites excluding steroid dienone is 4. The van der Waals surface area contributed by atoms with Crippen molar-refractivity contribution < 1.29 is 19.0 Å². The van der Waals surface area contributed by atoms with Gasteiger partial charge >= 0.3 is 0 Å². The number of halogens is 3. The van der Waals surface area contributed by atoms with Gasteiger partial charge in [0, 0.05) is 30.2 Å². The van der Waals surface area contributed by atoms with E-state index in [1.807, 2.05) is 59.6 Å². The van der Waals surface area contributed by atoms with E-state index in [-0.39, 0.29) is 18.3 Å². The lowest BCUT2D eigenvalue weighted by molar-refractivity contribution is -0.0980. The maximum Gasteiger partial charge on any atom is 0.148 e. The molecule has 2 rings (SSSR count). The number of aliphatic hydroxyl groups excluding tert-OH is 1. The number of rotatable bonds is 7. The topological polar surface area (TPSA) is 111 Å². The molecule has 1 atom stereocenters. The number of pyridine rings is 1. The van der Waals surface area contributed by atoms with Gasteiger partial charge in [0.1, 0.15) is 24.0 Å². The van der Waals surface area contributed by atoms with E-state index in [1.165, 1.54) is 19.2 Å². The number of benzene rings is 1. The zero-order valence-corrected chi connectivity index (χ0v) is 24.2. The van der Waals surface area contributed by atoms with Gasteiger partial charge < -0.3 is 26.1 Å². The fraction of sp³-hybridized carbons (Fsp3) is 0.407. The van der Waals surface area contributed by atoms with Crippen molar-refractivity contribution in [2.24, 2.45) is 11.5 Å². The minimum atomic E-state index is -0.309. The predicted octanol–water partition coefficient (Wildman–Crippen LogP) is 6.16. The molecule has 204 valence electrons. The third-order valence-corrected chi connectivity index (χ3v) is 5.17. The van der Waals surface area contributed by atoms with Crippen molar-refractivity contribution in [1.29, 1.82) is 0 Å². The van der Waals surface area contributed by atoms with Crippen LogP contribution in [-0.2, 0) is 4.79 Å². The van der Waals surface area contributed by atoms with Gasteiger partial charge in [0.25, 0.3) is 0 Å². The molecular weight excluding hydrogens is 504 g/mol. The Balaban J connectivity index is -0.00000124. The molecule has 0 saturated carbocycles. The summed E-state index contributed by atoms with van der Waals surface area (Å²) >= 11 is 12.6. The van der Waals surface area contributed by atoms with Crippen LogP contribution in [0.2, 0.25) is 0 Å².